The van der Waals surface area contributed by atoms with Gasteiger partial charge in [0.05, 0.1) is 6.10 Å². The number of carbonyl (C=O) groups excluding carboxylic acids is 1. The SMILES string of the molecule is O=CC1OC1CCCC(=O)O. The molecular weight excluding hydrogens is 148 g/mol. The average Bonchev–Trinajstić information content (AvgIpc) is 2.66. The highest BCUT2D eigenvalue weighted by Gasteiger charge is 2.37. The first-order chi connectivity index (χ1) is 5.24. The number of carboxylic acids is 1. The summed E-state index contributed by atoms with van der Waals surface area (Å²) in [7, 11) is 0. The lowest BCUT2D eigenvalue weighted by Gasteiger charge is -1.90. The molecule has 0 aromatic heterocycles. The number of ether oxygens (including phenoxy) is 1. The second-order valence-electron chi connectivity index (χ2n) is 2.56. The van der Waals surface area contributed by atoms with Crippen molar-refractivity contribution in [3.8, 4) is 0 Å². The van der Waals surface area contributed by atoms with Crippen molar-refractivity contribution in [2.75, 3.05) is 0 Å². The van der Waals surface area contributed by atoms with E-state index >= 15 is 0 Å². The molecule has 2 unspecified atom stereocenters. The standard InChI is InChI=1S/C7H10O4/c8-4-6-5(11-6)2-1-3-7(9)10/h4-6H,1-3H2,(H,9,10). The first-order valence-corrected chi connectivity index (χ1v) is 3.56. The minimum Gasteiger partial charge on any atom is -0.481 e. The van der Waals surface area contributed by atoms with Crippen molar-refractivity contribution in [3.05, 3.63) is 0 Å². The number of rotatable bonds is 5. The van der Waals surface area contributed by atoms with Crippen molar-refractivity contribution >= 4 is 12.3 Å². The lowest BCUT2D eigenvalue weighted by Crippen LogP contribution is -1.98. The maximum Gasteiger partial charge on any atom is 0.303 e. The Kier molecular flexibility index (Phi) is 2.59. The van der Waals surface area contributed by atoms with Crippen LogP contribution in [0.1, 0.15) is 19.3 Å². The van der Waals surface area contributed by atoms with Gasteiger partial charge in [-0.2, -0.15) is 0 Å². The summed E-state index contributed by atoms with van der Waals surface area (Å²) in [6, 6.07) is 0. The Morgan fingerprint density at radius 3 is 2.82 bits per heavy atom. The molecule has 1 saturated heterocycles. The average molecular weight is 158 g/mol. The van der Waals surface area contributed by atoms with Gasteiger partial charge in [0, 0.05) is 6.42 Å². The fourth-order valence-corrected chi connectivity index (χ4v) is 0.963. The molecule has 0 amide bonds. The van der Waals surface area contributed by atoms with Crippen LogP contribution in [0, 0.1) is 0 Å². The molecule has 0 radical (unpaired) electrons. The fourth-order valence-electron chi connectivity index (χ4n) is 0.963. The zero-order valence-corrected chi connectivity index (χ0v) is 6.03. The van der Waals surface area contributed by atoms with Crippen molar-refractivity contribution < 1.29 is 19.4 Å². The zero-order chi connectivity index (χ0) is 8.27. The quantitative estimate of drug-likeness (QED) is 0.458. The molecule has 11 heavy (non-hydrogen) atoms. The molecule has 0 saturated carbocycles. The molecule has 62 valence electrons. The van der Waals surface area contributed by atoms with Gasteiger partial charge in [0.15, 0.2) is 6.29 Å². The van der Waals surface area contributed by atoms with Crippen LogP contribution in [-0.2, 0) is 14.3 Å². The van der Waals surface area contributed by atoms with E-state index in [9.17, 15) is 9.59 Å². The third kappa shape index (κ3) is 2.67. The minimum atomic E-state index is -0.798. The third-order valence-electron chi connectivity index (χ3n) is 1.64. The summed E-state index contributed by atoms with van der Waals surface area (Å²) in [5, 5.41) is 8.26. The highest BCUT2D eigenvalue weighted by molar-refractivity contribution is 5.66. The Morgan fingerprint density at radius 2 is 2.36 bits per heavy atom. The highest BCUT2D eigenvalue weighted by atomic mass is 16.6. The van der Waals surface area contributed by atoms with Crippen LogP contribution in [0.4, 0.5) is 0 Å². The van der Waals surface area contributed by atoms with Crippen LogP contribution >= 0.6 is 0 Å². The van der Waals surface area contributed by atoms with Crippen LogP contribution in [0.5, 0.6) is 0 Å². The van der Waals surface area contributed by atoms with Gasteiger partial charge in [-0.1, -0.05) is 0 Å². The van der Waals surface area contributed by atoms with Crippen LogP contribution in [0.25, 0.3) is 0 Å². The number of aldehydes is 1. The van der Waals surface area contributed by atoms with E-state index in [-0.39, 0.29) is 18.6 Å². The summed E-state index contributed by atoms with van der Waals surface area (Å²) in [6.45, 7) is 0. The second kappa shape index (κ2) is 3.48. The van der Waals surface area contributed by atoms with Gasteiger partial charge in [-0.25, -0.2) is 0 Å². The van der Waals surface area contributed by atoms with E-state index in [1.807, 2.05) is 0 Å². The number of hydrogen-bond acceptors (Lipinski definition) is 3. The molecule has 1 aliphatic heterocycles. The fraction of sp³-hybridized carbons (Fsp3) is 0.714. The summed E-state index contributed by atoms with van der Waals surface area (Å²) in [4.78, 5) is 20.1. The minimum absolute atomic E-state index is 0.00755. The van der Waals surface area contributed by atoms with Gasteiger partial charge in [-0.3, -0.25) is 4.79 Å². The molecule has 1 fully saturated rings. The summed E-state index contributed by atoms with van der Waals surface area (Å²) >= 11 is 0. The second-order valence-corrected chi connectivity index (χ2v) is 2.56. The molecule has 0 spiro atoms. The summed E-state index contributed by atoms with van der Waals surface area (Å²) in [6.07, 6.45) is 1.91. The molecule has 2 atom stereocenters. The Morgan fingerprint density at radius 1 is 1.64 bits per heavy atom. The normalized spacial score (nSPS) is 28.0. The molecule has 0 aromatic carbocycles. The van der Waals surface area contributed by atoms with Crippen LogP contribution in [-0.4, -0.2) is 29.6 Å². The Bertz CT molecular complexity index is 166. The first kappa shape index (κ1) is 8.20. The van der Waals surface area contributed by atoms with Gasteiger partial charge in [-0.05, 0) is 12.8 Å². The van der Waals surface area contributed by atoms with Crippen LogP contribution in [0.3, 0.4) is 0 Å². The summed E-state index contributed by atoms with van der Waals surface area (Å²) < 4.78 is 4.89. The van der Waals surface area contributed by atoms with Gasteiger partial charge in [0.1, 0.15) is 6.10 Å². The van der Waals surface area contributed by atoms with Crippen molar-refractivity contribution in [3.63, 3.8) is 0 Å². The van der Waals surface area contributed by atoms with E-state index in [4.69, 9.17) is 9.84 Å². The molecule has 4 heteroatoms. The monoisotopic (exact) mass is 158 g/mol. The number of aliphatic carboxylic acids is 1. The topological polar surface area (TPSA) is 66.9 Å². The molecule has 0 aromatic rings. The van der Waals surface area contributed by atoms with E-state index in [2.05, 4.69) is 0 Å². The maximum atomic E-state index is 10.0. The van der Waals surface area contributed by atoms with Crippen LogP contribution in [0.2, 0.25) is 0 Å². The van der Waals surface area contributed by atoms with Crippen molar-refractivity contribution in [2.24, 2.45) is 0 Å². The molecule has 1 aliphatic rings. The smallest absolute Gasteiger partial charge is 0.303 e. The lowest BCUT2D eigenvalue weighted by atomic mass is 10.1. The Balaban J connectivity index is 1.97. The van der Waals surface area contributed by atoms with Gasteiger partial charge in [0.2, 0.25) is 0 Å². The molecule has 4 nitrogen and oxygen atoms in total. The van der Waals surface area contributed by atoms with E-state index in [0.29, 0.717) is 12.8 Å². The predicted molar refractivity (Wildman–Crippen MR) is 36.2 cm³/mol. The summed E-state index contributed by atoms with van der Waals surface area (Å²) in [5.74, 6) is -0.798. The summed E-state index contributed by atoms with van der Waals surface area (Å²) in [5.41, 5.74) is 0. The van der Waals surface area contributed by atoms with Gasteiger partial charge >= 0.3 is 5.97 Å². The molecule has 1 rings (SSSR count). The lowest BCUT2D eigenvalue weighted by molar-refractivity contribution is -0.137. The highest BCUT2D eigenvalue weighted by Crippen LogP contribution is 2.24. The number of hydrogen-bond donors (Lipinski definition) is 1. The predicted octanol–water partition coefficient (Wildman–Crippen LogP) is 0.208. The zero-order valence-electron chi connectivity index (χ0n) is 6.03. The molecule has 1 heterocycles. The van der Waals surface area contributed by atoms with Crippen molar-refractivity contribution in [2.45, 2.75) is 31.5 Å². The Hall–Kier alpha value is -0.900. The number of carboxylic acid groups (broad SMARTS) is 1. The van der Waals surface area contributed by atoms with Crippen molar-refractivity contribution in [1.29, 1.82) is 0 Å². The van der Waals surface area contributed by atoms with E-state index in [1.165, 1.54) is 0 Å². The first-order valence-electron chi connectivity index (χ1n) is 3.56. The largest absolute Gasteiger partial charge is 0.481 e. The van der Waals surface area contributed by atoms with Crippen molar-refractivity contribution in [1.82, 2.24) is 0 Å². The number of epoxide rings is 1. The molecule has 0 bridgehead atoms. The third-order valence-corrected chi connectivity index (χ3v) is 1.64. The van der Waals surface area contributed by atoms with E-state index < -0.39 is 5.97 Å². The van der Waals surface area contributed by atoms with Crippen LogP contribution in [0.15, 0.2) is 0 Å². The van der Waals surface area contributed by atoms with E-state index in [1.54, 1.807) is 0 Å². The molecule has 1 N–H and O–H groups in total. The van der Waals surface area contributed by atoms with Gasteiger partial charge in [-0.15, -0.1) is 0 Å². The van der Waals surface area contributed by atoms with Gasteiger partial charge in [0.25, 0.3) is 0 Å². The maximum absolute atomic E-state index is 10.0. The van der Waals surface area contributed by atoms with E-state index in [0.717, 1.165) is 6.29 Å². The number of carbonyl (C=O) groups is 2. The molecular formula is C7H10O4. The Labute approximate surface area is 64.2 Å². The van der Waals surface area contributed by atoms with Crippen LogP contribution < -0.4 is 0 Å². The van der Waals surface area contributed by atoms with Gasteiger partial charge < -0.3 is 14.6 Å². The molecule has 0 aliphatic carbocycles.